The second-order valence-electron chi connectivity index (χ2n) is 4.23. The Kier molecular flexibility index (Phi) is 6.17. The van der Waals surface area contributed by atoms with Crippen molar-refractivity contribution in [3.63, 3.8) is 0 Å². The molecule has 0 spiro atoms. The van der Waals surface area contributed by atoms with Crippen molar-refractivity contribution < 1.29 is 9.53 Å². The van der Waals surface area contributed by atoms with Crippen LogP contribution in [0.4, 0.5) is 5.69 Å². The van der Waals surface area contributed by atoms with Gasteiger partial charge in [0, 0.05) is 25.9 Å². The zero-order valence-corrected chi connectivity index (χ0v) is 12.5. The van der Waals surface area contributed by atoms with Crippen LogP contribution in [0.5, 0.6) is 0 Å². The summed E-state index contributed by atoms with van der Waals surface area (Å²) in [4.78, 5) is 11.8. The number of thioether (sulfide) groups is 1. The second kappa shape index (κ2) is 8.38. The number of carbonyl (C=O) groups excluding carboxylic acids is 1. The maximum Gasteiger partial charge on any atom is 0.234 e. The number of tetrazole rings is 1. The molecule has 21 heavy (non-hydrogen) atoms. The Labute approximate surface area is 127 Å². The predicted molar refractivity (Wildman–Crippen MR) is 80.1 cm³/mol. The van der Waals surface area contributed by atoms with Crippen molar-refractivity contribution >= 4 is 23.4 Å². The van der Waals surface area contributed by atoms with E-state index in [1.807, 2.05) is 30.3 Å². The highest BCUT2D eigenvalue weighted by Gasteiger charge is 2.10. The minimum Gasteiger partial charge on any atom is -0.385 e. The number of para-hydroxylation sites is 1. The highest BCUT2D eigenvalue weighted by atomic mass is 32.2. The van der Waals surface area contributed by atoms with Crippen LogP contribution >= 0.6 is 11.8 Å². The van der Waals surface area contributed by atoms with Crippen molar-refractivity contribution in [1.82, 2.24) is 20.2 Å². The molecular weight excluding hydrogens is 290 g/mol. The topological polar surface area (TPSA) is 81.9 Å². The van der Waals surface area contributed by atoms with E-state index in [0.717, 1.165) is 12.1 Å². The van der Waals surface area contributed by atoms with Gasteiger partial charge in [-0.1, -0.05) is 30.0 Å². The summed E-state index contributed by atoms with van der Waals surface area (Å²) in [5, 5.41) is 14.9. The average molecular weight is 307 g/mol. The summed E-state index contributed by atoms with van der Waals surface area (Å²) in [5.41, 5.74) is 0.780. The fraction of sp³-hybridized carbons (Fsp3) is 0.385. The van der Waals surface area contributed by atoms with Gasteiger partial charge in [0.1, 0.15) is 0 Å². The second-order valence-corrected chi connectivity index (χ2v) is 5.18. The monoisotopic (exact) mass is 307 g/mol. The van der Waals surface area contributed by atoms with Crippen LogP contribution in [0, 0.1) is 0 Å². The molecule has 0 aliphatic heterocycles. The van der Waals surface area contributed by atoms with E-state index in [2.05, 4.69) is 20.8 Å². The van der Waals surface area contributed by atoms with Gasteiger partial charge in [-0.15, -0.1) is 5.10 Å². The number of amides is 1. The molecule has 112 valence electrons. The van der Waals surface area contributed by atoms with E-state index in [9.17, 15) is 4.79 Å². The van der Waals surface area contributed by atoms with Crippen LogP contribution in [0.25, 0.3) is 0 Å². The summed E-state index contributed by atoms with van der Waals surface area (Å²) in [5.74, 6) is 0.178. The Balaban J connectivity index is 1.80. The molecule has 0 bridgehead atoms. The molecule has 1 aromatic heterocycles. The molecule has 8 heteroatoms. The molecule has 1 N–H and O–H groups in total. The summed E-state index contributed by atoms with van der Waals surface area (Å²) in [6.45, 7) is 1.32. The Morgan fingerprint density at radius 2 is 2.19 bits per heavy atom. The summed E-state index contributed by atoms with van der Waals surface area (Å²) < 4.78 is 6.67. The fourth-order valence-corrected chi connectivity index (χ4v) is 2.35. The molecule has 1 aromatic carbocycles. The number of nitrogens with zero attached hydrogens (tertiary/aromatic N) is 4. The first-order chi connectivity index (χ1) is 10.3. The molecule has 2 rings (SSSR count). The molecule has 0 fully saturated rings. The van der Waals surface area contributed by atoms with Gasteiger partial charge in [-0.05, 0) is 29.0 Å². The van der Waals surface area contributed by atoms with E-state index in [1.165, 1.54) is 11.8 Å². The molecule has 0 unspecified atom stereocenters. The first-order valence-corrected chi connectivity index (χ1v) is 7.51. The average Bonchev–Trinajstić information content (AvgIpc) is 2.94. The van der Waals surface area contributed by atoms with Crippen molar-refractivity contribution in [3.8, 4) is 0 Å². The lowest BCUT2D eigenvalue weighted by Gasteiger charge is -2.05. The number of nitrogens with one attached hydrogen (secondary N) is 1. The zero-order chi connectivity index (χ0) is 14.9. The number of methoxy groups -OCH3 is 1. The van der Waals surface area contributed by atoms with Crippen LogP contribution in [-0.4, -0.2) is 45.6 Å². The zero-order valence-electron chi connectivity index (χ0n) is 11.7. The number of benzene rings is 1. The Morgan fingerprint density at radius 3 is 2.95 bits per heavy atom. The van der Waals surface area contributed by atoms with E-state index < -0.39 is 0 Å². The number of carbonyl (C=O) groups is 1. The SMILES string of the molecule is COCCCn1nnnc1SCC(=O)Nc1ccccc1. The summed E-state index contributed by atoms with van der Waals surface area (Å²) in [6.07, 6.45) is 0.825. The van der Waals surface area contributed by atoms with Gasteiger partial charge in [0.2, 0.25) is 11.1 Å². The van der Waals surface area contributed by atoms with Crippen molar-refractivity contribution in [2.45, 2.75) is 18.1 Å². The number of aryl methyl sites for hydroxylation is 1. The number of ether oxygens (including phenoxy) is 1. The van der Waals surface area contributed by atoms with Gasteiger partial charge in [-0.2, -0.15) is 0 Å². The van der Waals surface area contributed by atoms with Crippen LogP contribution in [0.1, 0.15) is 6.42 Å². The largest absolute Gasteiger partial charge is 0.385 e. The number of aromatic nitrogens is 4. The third kappa shape index (κ3) is 5.16. The van der Waals surface area contributed by atoms with Crippen molar-refractivity contribution in [3.05, 3.63) is 30.3 Å². The Hall–Kier alpha value is -1.93. The Morgan fingerprint density at radius 1 is 1.38 bits per heavy atom. The standard InChI is InChI=1S/C13H17N5O2S/c1-20-9-5-8-18-13(15-16-17-18)21-10-12(19)14-11-6-3-2-4-7-11/h2-4,6-7H,5,8-10H2,1H3,(H,14,19). The van der Waals surface area contributed by atoms with Crippen LogP contribution < -0.4 is 5.32 Å². The molecule has 1 heterocycles. The highest BCUT2D eigenvalue weighted by Crippen LogP contribution is 2.14. The lowest BCUT2D eigenvalue weighted by atomic mass is 10.3. The minimum absolute atomic E-state index is 0.0855. The minimum atomic E-state index is -0.0855. The fourth-order valence-electron chi connectivity index (χ4n) is 1.65. The summed E-state index contributed by atoms with van der Waals surface area (Å²) in [7, 11) is 1.66. The van der Waals surface area contributed by atoms with Gasteiger partial charge in [0.25, 0.3) is 0 Å². The third-order valence-corrected chi connectivity index (χ3v) is 3.56. The van der Waals surface area contributed by atoms with Gasteiger partial charge in [-0.25, -0.2) is 4.68 Å². The Bertz CT molecular complexity index is 561. The third-order valence-electron chi connectivity index (χ3n) is 2.61. The van der Waals surface area contributed by atoms with Gasteiger partial charge in [-0.3, -0.25) is 4.79 Å². The van der Waals surface area contributed by atoms with Crippen LogP contribution in [0.3, 0.4) is 0 Å². The van der Waals surface area contributed by atoms with Crippen LogP contribution in [-0.2, 0) is 16.1 Å². The molecule has 7 nitrogen and oxygen atoms in total. The van der Waals surface area contributed by atoms with Gasteiger partial charge < -0.3 is 10.1 Å². The van der Waals surface area contributed by atoms with E-state index in [-0.39, 0.29) is 11.7 Å². The molecule has 0 saturated heterocycles. The van der Waals surface area contributed by atoms with Crippen molar-refractivity contribution in [2.75, 3.05) is 24.8 Å². The number of rotatable bonds is 8. The van der Waals surface area contributed by atoms with E-state index >= 15 is 0 Å². The highest BCUT2D eigenvalue weighted by molar-refractivity contribution is 7.99. The first kappa shape index (κ1) is 15.5. The lowest BCUT2D eigenvalue weighted by Crippen LogP contribution is -2.14. The number of anilines is 1. The molecule has 0 atom stereocenters. The smallest absolute Gasteiger partial charge is 0.234 e. The first-order valence-electron chi connectivity index (χ1n) is 6.52. The maximum absolute atomic E-state index is 11.8. The molecule has 0 radical (unpaired) electrons. The summed E-state index contributed by atoms with van der Waals surface area (Å²) >= 11 is 1.31. The van der Waals surface area contributed by atoms with Crippen molar-refractivity contribution in [2.24, 2.45) is 0 Å². The molecular formula is C13H17N5O2S. The van der Waals surface area contributed by atoms with Gasteiger partial charge in [0.05, 0.1) is 5.75 Å². The van der Waals surface area contributed by atoms with E-state index in [1.54, 1.807) is 11.8 Å². The maximum atomic E-state index is 11.8. The number of hydrogen-bond acceptors (Lipinski definition) is 6. The quantitative estimate of drug-likeness (QED) is 0.587. The molecule has 0 aliphatic carbocycles. The molecule has 1 amide bonds. The van der Waals surface area contributed by atoms with Crippen LogP contribution in [0.15, 0.2) is 35.5 Å². The number of hydrogen-bond donors (Lipinski definition) is 1. The van der Waals surface area contributed by atoms with E-state index in [0.29, 0.717) is 18.3 Å². The predicted octanol–water partition coefficient (Wildman–Crippen LogP) is 1.44. The van der Waals surface area contributed by atoms with Crippen molar-refractivity contribution in [1.29, 1.82) is 0 Å². The molecule has 0 saturated carbocycles. The van der Waals surface area contributed by atoms with Crippen LogP contribution in [0.2, 0.25) is 0 Å². The lowest BCUT2D eigenvalue weighted by molar-refractivity contribution is -0.113. The molecule has 2 aromatic rings. The summed E-state index contributed by atoms with van der Waals surface area (Å²) in [6, 6.07) is 9.34. The van der Waals surface area contributed by atoms with Gasteiger partial charge in [0.15, 0.2) is 0 Å². The van der Waals surface area contributed by atoms with Gasteiger partial charge >= 0.3 is 0 Å². The van der Waals surface area contributed by atoms with E-state index in [4.69, 9.17) is 4.74 Å². The normalized spacial score (nSPS) is 10.5. The molecule has 0 aliphatic rings.